The fourth-order valence-corrected chi connectivity index (χ4v) is 1.52. The molecule has 1 aromatic carbocycles. The highest BCUT2D eigenvalue weighted by atomic mass is 16.6. The molecule has 0 unspecified atom stereocenters. The van der Waals surface area contributed by atoms with Crippen molar-refractivity contribution < 1.29 is 14.5 Å². The minimum atomic E-state index is -0.844. The number of hydrogen-bond donors (Lipinski definition) is 1. The second kappa shape index (κ2) is 3.13. The molecule has 16 heavy (non-hydrogen) atoms. The van der Waals surface area contributed by atoms with E-state index in [9.17, 15) is 19.7 Å². The van der Waals surface area contributed by atoms with Crippen LogP contribution in [-0.2, 0) is 0 Å². The minimum absolute atomic E-state index is 0.0734. The predicted molar refractivity (Wildman–Crippen MR) is 49.6 cm³/mol. The fourth-order valence-electron chi connectivity index (χ4n) is 1.52. The first kappa shape index (κ1) is 9.79. The predicted octanol–water partition coefficient (Wildman–Crippen LogP) is 0.350. The number of hydrogen-bond acceptors (Lipinski definition) is 5. The normalized spacial score (nSPS) is 12.9. The molecule has 1 aromatic rings. The maximum atomic E-state index is 11.3. The van der Waals surface area contributed by atoms with Gasteiger partial charge in [0.15, 0.2) is 0 Å². The summed E-state index contributed by atoms with van der Waals surface area (Å²) in [5.41, 5.74) is -1.28. The molecule has 7 nitrogen and oxygen atoms in total. The Kier molecular flexibility index (Phi) is 1.92. The number of benzene rings is 1. The number of nitrogens with zero attached hydrogens (tertiary/aromatic N) is 2. The van der Waals surface area contributed by atoms with Crippen molar-refractivity contribution >= 4 is 17.5 Å². The number of nitro benzene ring substituents is 1. The largest absolute Gasteiger partial charge is 0.300 e. The smallest absolute Gasteiger partial charge is 0.288 e. The molecule has 0 radical (unpaired) electrons. The van der Waals surface area contributed by atoms with E-state index in [1.807, 2.05) is 5.32 Å². The highest BCUT2D eigenvalue weighted by molar-refractivity contribution is 6.23. The fraction of sp³-hybridized carbons (Fsp3) is 0. The summed E-state index contributed by atoms with van der Waals surface area (Å²) in [4.78, 5) is 32.5. The van der Waals surface area contributed by atoms with Gasteiger partial charge in [-0.2, -0.15) is 5.26 Å². The summed E-state index contributed by atoms with van der Waals surface area (Å²) in [6.45, 7) is 0. The summed E-state index contributed by atoms with van der Waals surface area (Å²) < 4.78 is 0. The van der Waals surface area contributed by atoms with E-state index in [-0.39, 0.29) is 16.7 Å². The third kappa shape index (κ3) is 1.14. The van der Waals surface area contributed by atoms with Crippen LogP contribution in [0.3, 0.4) is 0 Å². The van der Waals surface area contributed by atoms with E-state index in [2.05, 4.69) is 0 Å². The van der Waals surface area contributed by atoms with Crippen LogP contribution < -0.4 is 5.32 Å². The number of fused-ring (bicyclic) bond motifs is 1. The van der Waals surface area contributed by atoms with E-state index >= 15 is 0 Å². The molecule has 1 heterocycles. The van der Waals surface area contributed by atoms with E-state index in [0.29, 0.717) is 0 Å². The maximum absolute atomic E-state index is 11.3. The van der Waals surface area contributed by atoms with Crippen molar-refractivity contribution in [1.29, 1.82) is 5.26 Å². The minimum Gasteiger partial charge on any atom is -0.288 e. The maximum Gasteiger partial charge on any atom is 0.300 e. The van der Waals surface area contributed by atoms with Crippen LogP contribution in [-0.4, -0.2) is 16.7 Å². The average Bonchev–Trinajstić information content (AvgIpc) is 2.53. The first-order valence-corrected chi connectivity index (χ1v) is 4.13. The molecule has 2 amide bonds. The topological polar surface area (TPSA) is 113 Å². The van der Waals surface area contributed by atoms with Crippen molar-refractivity contribution in [2.45, 2.75) is 0 Å². The Morgan fingerprint density at radius 2 is 2.00 bits per heavy atom. The molecule has 0 bridgehead atoms. The van der Waals surface area contributed by atoms with Crippen molar-refractivity contribution in [2.24, 2.45) is 0 Å². The van der Waals surface area contributed by atoms with Crippen LogP contribution in [0.5, 0.6) is 0 Å². The molecule has 0 aromatic heterocycles. The van der Waals surface area contributed by atoms with Crippen LogP contribution in [0.15, 0.2) is 12.1 Å². The molecule has 1 aliphatic rings. The van der Waals surface area contributed by atoms with E-state index in [1.165, 1.54) is 6.07 Å². The number of nitrogens with one attached hydrogen (secondary N) is 1. The second-order valence-corrected chi connectivity index (χ2v) is 3.04. The summed E-state index contributed by atoms with van der Waals surface area (Å²) >= 11 is 0. The van der Waals surface area contributed by atoms with Crippen molar-refractivity contribution in [3.8, 4) is 6.07 Å². The molecule has 0 saturated carbocycles. The lowest BCUT2D eigenvalue weighted by atomic mass is 10.0. The zero-order chi connectivity index (χ0) is 11.9. The lowest BCUT2D eigenvalue weighted by Crippen LogP contribution is -2.20. The molecule has 0 spiro atoms. The van der Waals surface area contributed by atoms with Crippen LogP contribution >= 0.6 is 0 Å². The number of nitriles is 1. The van der Waals surface area contributed by atoms with E-state index in [1.54, 1.807) is 6.07 Å². The van der Waals surface area contributed by atoms with Gasteiger partial charge in [-0.05, 0) is 12.1 Å². The molecule has 0 aliphatic carbocycles. The quantitative estimate of drug-likeness (QED) is 0.414. The molecule has 0 atom stereocenters. The molecular weight excluding hydrogens is 214 g/mol. The Hall–Kier alpha value is -2.75. The monoisotopic (exact) mass is 217 g/mol. The third-order valence-electron chi connectivity index (χ3n) is 2.18. The SMILES string of the molecule is N#Cc1ccc2c(c1[N+](=O)[O-])C(=O)NC2=O. The van der Waals surface area contributed by atoms with Gasteiger partial charge in [-0.1, -0.05) is 0 Å². The number of carbonyl (C=O) groups is 2. The van der Waals surface area contributed by atoms with Crippen LogP contribution in [0.2, 0.25) is 0 Å². The second-order valence-electron chi connectivity index (χ2n) is 3.04. The van der Waals surface area contributed by atoms with Gasteiger partial charge >= 0.3 is 5.69 Å². The molecule has 2 rings (SSSR count). The van der Waals surface area contributed by atoms with Crippen molar-refractivity contribution in [3.63, 3.8) is 0 Å². The lowest BCUT2D eigenvalue weighted by molar-refractivity contribution is -0.385. The first-order chi connectivity index (χ1) is 7.56. The Bertz CT molecular complexity index is 585. The first-order valence-electron chi connectivity index (χ1n) is 4.13. The third-order valence-corrected chi connectivity index (χ3v) is 2.18. The number of amides is 2. The summed E-state index contributed by atoms with van der Waals surface area (Å²) in [6, 6.07) is 3.98. The average molecular weight is 217 g/mol. The number of imide groups is 1. The molecule has 0 fully saturated rings. The number of nitro groups is 1. The summed E-state index contributed by atoms with van der Waals surface area (Å²) in [6.07, 6.45) is 0. The zero-order valence-corrected chi connectivity index (χ0v) is 7.68. The van der Waals surface area contributed by atoms with Gasteiger partial charge < -0.3 is 0 Å². The highest BCUT2D eigenvalue weighted by Crippen LogP contribution is 2.29. The standard InChI is InChI=1S/C9H3N3O4/c10-3-4-1-2-5-6(7(4)12(15)16)9(14)11-8(5)13/h1-2H,(H,11,13,14). The van der Waals surface area contributed by atoms with Crippen LogP contribution in [0, 0.1) is 21.4 Å². The van der Waals surface area contributed by atoms with Gasteiger partial charge in [0.2, 0.25) is 0 Å². The Labute approximate surface area is 88.4 Å². The van der Waals surface area contributed by atoms with E-state index < -0.39 is 22.4 Å². The van der Waals surface area contributed by atoms with E-state index in [4.69, 9.17) is 5.26 Å². The molecule has 7 heteroatoms. The Morgan fingerprint density at radius 1 is 1.31 bits per heavy atom. The summed E-state index contributed by atoms with van der Waals surface area (Å²) in [5.74, 6) is -1.53. The lowest BCUT2D eigenvalue weighted by Gasteiger charge is -1.98. The van der Waals surface area contributed by atoms with Crippen LogP contribution in [0.4, 0.5) is 5.69 Å². The van der Waals surface area contributed by atoms with Crippen molar-refractivity contribution in [3.05, 3.63) is 38.9 Å². The van der Waals surface area contributed by atoms with Gasteiger partial charge in [0, 0.05) is 0 Å². The van der Waals surface area contributed by atoms with Gasteiger partial charge in [0.25, 0.3) is 11.8 Å². The Morgan fingerprint density at radius 3 is 2.56 bits per heavy atom. The molecule has 78 valence electrons. The molecule has 0 saturated heterocycles. The van der Waals surface area contributed by atoms with Crippen LogP contribution in [0.1, 0.15) is 26.3 Å². The highest BCUT2D eigenvalue weighted by Gasteiger charge is 2.36. The van der Waals surface area contributed by atoms with Gasteiger partial charge in [0.05, 0.1) is 10.5 Å². The summed E-state index contributed by atoms with van der Waals surface area (Å²) in [7, 11) is 0. The molecular formula is C9H3N3O4. The van der Waals surface area contributed by atoms with Crippen molar-refractivity contribution in [1.82, 2.24) is 5.32 Å². The number of carbonyl (C=O) groups excluding carboxylic acids is 2. The summed E-state index contributed by atoms with van der Waals surface area (Å²) in [5, 5.41) is 21.4. The molecule has 1 aliphatic heterocycles. The van der Waals surface area contributed by atoms with Crippen molar-refractivity contribution in [2.75, 3.05) is 0 Å². The van der Waals surface area contributed by atoms with Gasteiger partial charge in [-0.3, -0.25) is 25.0 Å². The zero-order valence-electron chi connectivity index (χ0n) is 7.68. The van der Waals surface area contributed by atoms with Crippen LogP contribution in [0.25, 0.3) is 0 Å². The number of rotatable bonds is 1. The van der Waals surface area contributed by atoms with Gasteiger partial charge in [0.1, 0.15) is 17.2 Å². The van der Waals surface area contributed by atoms with Gasteiger partial charge in [-0.15, -0.1) is 0 Å². The van der Waals surface area contributed by atoms with E-state index in [0.717, 1.165) is 6.07 Å². The molecule has 1 N–H and O–H groups in total. The van der Waals surface area contributed by atoms with Gasteiger partial charge in [-0.25, -0.2) is 0 Å². The Balaban J connectivity index is 2.85.